The van der Waals surface area contributed by atoms with Crippen molar-refractivity contribution in [2.75, 3.05) is 0 Å². The highest BCUT2D eigenvalue weighted by atomic mass is 15.3. The summed E-state index contributed by atoms with van der Waals surface area (Å²) in [5.74, 6) is 0. The van der Waals surface area contributed by atoms with Crippen LogP contribution in [0.5, 0.6) is 0 Å². The van der Waals surface area contributed by atoms with Gasteiger partial charge in [-0.1, -0.05) is 6.07 Å². The first kappa shape index (κ1) is 9.15. The summed E-state index contributed by atoms with van der Waals surface area (Å²) in [6.45, 7) is 2.05. The van der Waals surface area contributed by atoms with Crippen LogP contribution >= 0.6 is 0 Å². The van der Waals surface area contributed by atoms with Crippen LogP contribution in [0.2, 0.25) is 0 Å². The van der Waals surface area contributed by atoms with Crippen molar-refractivity contribution in [3.05, 3.63) is 42.4 Å². The SMILES string of the molecule is Cc1cnc2cccc(-c3ccn(C)n3)n12. The second-order valence-corrected chi connectivity index (χ2v) is 3.88. The summed E-state index contributed by atoms with van der Waals surface area (Å²) in [6, 6.07) is 8.07. The number of nitrogens with zero attached hydrogens (tertiary/aromatic N) is 4. The molecule has 80 valence electrons. The van der Waals surface area contributed by atoms with E-state index in [1.54, 1.807) is 4.68 Å². The molecule has 3 heterocycles. The molecular formula is C12H12N4. The molecule has 4 nitrogen and oxygen atoms in total. The molecule has 0 unspecified atom stereocenters. The van der Waals surface area contributed by atoms with Crippen molar-refractivity contribution in [1.82, 2.24) is 19.2 Å². The molecule has 0 spiro atoms. The zero-order chi connectivity index (χ0) is 11.1. The van der Waals surface area contributed by atoms with E-state index in [0.717, 1.165) is 22.7 Å². The second kappa shape index (κ2) is 3.20. The molecule has 3 aromatic heterocycles. The van der Waals surface area contributed by atoms with Crippen molar-refractivity contribution in [2.45, 2.75) is 6.92 Å². The molecule has 0 atom stereocenters. The number of pyridine rings is 1. The Bertz CT molecular complexity index is 648. The van der Waals surface area contributed by atoms with E-state index >= 15 is 0 Å². The maximum atomic E-state index is 4.42. The van der Waals surface area contributed by atoms with Crippen molar-refractivity contribution in [3.63, 3.8) is 0 Å². The van der Waals surface area contributed by atoms with Gasteiger partial charge in [0.1, 0.15) is 11.3 Å². The van der Waals surface area contributed by atoms with E-state index in [4.69, 9.17) is 0 Å². The quantitative estimate of drug-likeness (QED) is 0.618. The zero-order valence-electron chi connectivity index (χ0n) is 9.25. The zero-order valence-corrected chi connectivity index (χ0v) is 9.25. The van der Waals surface area contributed by atoms with Gasteiger partial charge in [-0.2, -0.15) is 5.10 Å². The first-order chi connectivity index (χ1) is 7.75. The van der Waals surface area contributed by atoms with E-state index in [1.165, 1.54) is 0 Å². The van der Waals surface area contributed by atoms with Gasteiger partial charge in [0, 0.05) is 25.1 Å². The van der Waals surface area contributed by atoms with Crippen LogP contribution < -0.4 is 0 Å². The lowest BCUT2D eigenvalue weighted by molar-refractivity contribution is 0.769. The average Bonchev–Trinajstić information content (AvgIpc) is 2.86. The second-order valence-electron chi connectivity index (χ2n) is 3.88. The van der Waals surface area contributed by atoms with E-state index in [0.29, 0.717) is 0 Å². The van der Waals surface area contributed by atoms with Crippen LogP contribution in [-0.4, -0.2) is 19.2 Å². The van der Waals surface area contributed by atoms with Crippen LogP contribution in [0.15, 0.2) is 36.7 Å². The fraction of sp³-hybridized carbons (Fsp3) is 0.167. The predicted molar refractivity (Wildman–Crippen MR) is 62.1 cm³/mol. The largest absolute Gasteiger partial charge is 0.295 e. The van der Waals surface area contributed by atoms with E-state index in [2.05, 4.69) is 20.5 Å². The first-order valence-corrected chi connectivity index (χ1v) is 5.19. The molecule has 0 bridgehead atoms. The van der Waals surface area contributed by atoms with Gasteiger partial charge in [-0.3, -0.25) is 9.08 Å². The number of rotatable bonds is 1. The number of hydrogen-bond donors (Lipinski definition) is 0. The van der Waals surface area contributed by atoms with Gasteiger partial charge in [0.2, 0.25) is 0 Å². The summed E-state index contributed by atoms with van der Waals surface area (Å²) >= 11 is 0. The first-order valence-electron chi connectivity index (χ1n) is 5.19. The Morgan fingerprint density at radius 2 is 2.06 bits per heavy atom. The highest BCUT2D eigenvalue weighted by molar-refractivity contribution is 5.60. The maximum absolute atomic E-state index is 4.42. The maximum Gasteiger partial charge on any atom is 0.137 e. The Balaban J connectivity index is 2.34. The number of hydrogen-bond acceptors (Lipinski definition) is 2. The van der Waals surface area contributed by atoms with Gasteiger partial charge in [-0.15, -0.1) is 0 Å². The smallest absolute Gasteiger partial charge is 0.137 e. The lowest BCUT2D eigenvalue weighted by Gasteiger charge is -2.03. The lowest BCUT2D eigenvalue weighted by Crippen LogP contribution is -1.95. The standard InChI is InChI=1S/C12H12N4/c1-9-8-13-12-5-3-4-11(16(9)12)10-6-7-15(2)14-10/h3-8H,1-2H3. The molecule has 16 heavy (non-hydrogen) atoms. The van der Waals surface area contributed by atoms with Crippen molar-refractivity contribution in [1.29, 1.82) is 0 Å². The van der Waals surface area contributed by atoms with Crippen LogP contribution in [-0.2, 0) is 7.05 Å². The van der Waals surface area contributed by atoms with Gasteiger partial charge in [0.25, 0.3) is 0 Å². The van der Waals surface area contributed by atoms with Gasteiger partial charge in [0.05, 0.1) is 5.69 Å². The van der Waals surface area contributed by atoms with Gasteiger partial charge >= 0.3 is 0 Å². The lowest BCUT2D eigenvalue weighted by atomic mass is 10.2. The van der Waals surface area contributed by atoms with Crippen LogP contribution in [0.25, 0.3) is 17.0 Å². The van der Waals surface area contributed by atoms with E-state index in [9.17, 15) is 0 Å². The van der Waals surface area contributed by atoms with Crippen LogP contribution in [0.1, 0.15) is 5.69 Å². The van der Waals surface area contributed by atoms with Gasteiger partial charge in [0.15, 0.2) is 0 Å². The normalized spacial score (nSPS) is 11.1. The Morgan fingerprint density at radius 3 is 2.81 bits per heavy atom. The summed E-state index contributed by atoms with van der Waals surface area (Å²) in [5, 5.41) is 4.42. The third-order valence-corrected chi connectivity index (χ3v) is 2.68. The Hall–Kier alpha value is -2.10. The minimum Gasteiger partial charge on any atom is -0.295 e. The van der Waals surface area contributed by atoms with E-state index < -0.39 is 0 Å². The molecule has 0 aliphatic heterocycles. The molecule has 4 heteroatoms. The Morgan fingerprint density at radius 1 is 1.19 bits per heavy atom. The van der Waals surface area contributed by atoms with Crippen molar-refractivity contribution < 1.29 is 0 Å². The highest BCUT2D eigenvalue weighted by Crippen LogP contribution is 2.19. The minimum absolute atomic E-state index is 0.959. The summed E-state index contributed by atoms with van der Waals surface area (Å²) in [4.78, 5) is 4.34. The van der Waals surface area contributed by atoms with E-state index in [1.807, 2.05) is 44.6 Å². The van der Waals surface area contributed by atoms with Gasteiger partial charge in [-0.05, 0) is 25.1 Å². The molecule has 0 amide bonds. The molecular weight excluding hydrogens is 200 g/mol. The number of fused-ring (bicyclic) bond motifs is 1. The molecule has 0 saturated heterocycles. The summed E-state index contributed by atoms with van der Waals surface area (Å²) < 4.78 is 3.92. The molecule has 0 N–H and O–H groups in total. The van der Waals surface area contributed by atoms with Crippen molar-refractivity contribution in [2.24, 2.45) is 7.05 Å². The average molecular weight is 212 g/mol. The fourth-order valence-corrected chi connectivity index (χ4v) is 1.94. The summed E-state index contributed by atoms with van der Waals surface area (Å²) in [6.07, 6.45) is 3.82. The van der Waals surface area contributed by atoms with Crippen molar-refractivity contribution in [3.8, 4) is 11.4 Å². The number of aromatic nitrogens is 4. The van der Waals surface area contributed by atoms with Crippen LogP contribution in [0.4, 0.5) is 0 Å². The molecule has 0 aliphatic carbocycles. The van der Waals surface area contributed by atoms with Crippen LogP contribution in [0, 0.1) is 6.92 Å². The Kier molecular flexibility index (Phi) is 1.83. The number of imidazole rings is 1. The van der Waals surface area contributed by atoms with Gasteiger partial charge in [-0.25, -0.2) is 4.98 Å². The highest BCUT2D eigenvalue weighted by Gasteiger charge is 2.08. The van der Waals surface area contributed by atoms with E-state index in [-0.39, 0.29) is 0 Å². The third-order valence-electron chi connectivity index (χ3n) is 2.68. The summed E-state index contributed by atoms with van der Waals surface area (Å²) in [5.41, 5.74) is 4.12. The number of aryl methyl sites for hydroxylation is 2. The topological polar surface area (TPSA) is 35.1 Å². The van der Waals surface area contributed by atoms with Gasteiger partial charge < -0.3 is 0 Å². The van der Waals surface area contributed by atoms with Crippen LogP contribution in [0.3, 0.4) is 0 Å². The molecule has 0 aromatic carbocycles. The molecule has 0 fully saturated rings. The fourth-order valence-electron chi connectivity index (χ4n) is 1.94. The summed E-state index contributed by atoms with van der Waals surface area (Å²) in [7, 11) is 1.92. The Labute approximate surface area is 93.2 Å². The third kappa shape index (κ3) is 1.23. The molecule has 3 aromatic rings. The minimum atomic E-state index is 0.959. The molecule has 0 aliphatic rings. The molecule has 0 saturated carbocycles. The molecule has 0 radical (unpaired) electrons. The van der Waals surface area contributed by atoms with Crippen molar-refractivity contribution >= 4 is 5.65 Å². The monoisotopic (exact) mass is 212 g/mol. The predicted octanol–water partition coefficient (Wildman–Crippen LogP) is 2.04. The molecule has 3 rings (SSSR count).